The van der Waals surface area contributed by atoms with Crippen LogP contribution in [0.3, 0.4) is 0 Å². The van der Waals surface area contributed by atoms with Crippen molar-refractivity contribution in [1.82, 2.24) is 9.97 Å². The molecule has 2 heterocycles. The summed E-state index contributed by atoms with van der Waals surface area (Å²) in [7, 11) is 2.87. The van der Waals surface area contributed by atoms with Gasteiger partial charge in [-0.2, -0.15) is 0 Å². The maximum absolute atomic E-state index is 12.4. The number of rotatable bonds is 3. The quantitative estimate of drug-likeness (QED) is 0.804. The van der Waals surface area contributed by atoms with Gasteiger partial charge in [-0.25, -0.2) is 14.9 Å². The Morgan fingerprint density at radius 2 is 1.50 bits per heavy atom. The van der Waals surface area contributed by atoms with Crippen LogP contribution >= 0.6 is 11.6 Å². The highest BCUT2D eigenvalue weighted by Gasteiger charge is 2.40. The molecule has 0 atom stereocenters. The normalized spacial score (nSPS) is 13.3. The van der Waals surface area contributed by atoms with Crippen LogP contribution < -0.4 is 14.4 Å². The van der Waals surface area contributed by atoms with E-state index in [1.54, 1.807) is 0 Å². The summed E-state index contributed by atoms with van der Waals surface area (Å²) < 4.78 is 10.3. The molecule has 0 radical (unpaired) electrons. The highest BCUT2D eigenvalue weighted by atomic mass is 35.5. The Hall–Kier alpha value is -2.67. The second-order valence-corrected chi connectivity index (χ2v) is 4.77. The second kappa shape index (κ2) is 5.27. The molecule has 0 saturated heterocycles. The molecule has 0 spiro atoms. The van der Waals surface area contributed by atoms with Crippen molar-refractivity contribution < 1.29 is 19.1 Å². The van der Waals surface area contributed by atoms with Gasteiger partial charge in [0.25, 0.3) is 11.8 Å². The van der Waals surface area contributed by atoms with Gasteiger partial charge >= 0.3 is 0 Å². The van der Waals surface area contributed by atoms with Crippen LogP contribution in [0.5, 0.6) is 11.5 Å². The molecular formula is C14H10ClN3O4. The van der Waals surface area contributed by atoms with Crippen LogP contribution in [0.15, 0.2) is 24.5 Å². The van der Waals surface area contributed by atoms with Gasteiger partial charge in [0, 0.05) is 18.5 Å². The topological polar surface area (TPSA) is 81.6 Å². The number of hydrogen-bond donors (Lipinski definition) is 0. The largest absolute Gasteiger partial charge is 0.495 e. The van der Waals surface area contributed by atoms with E-state index < -0.39 is 11.8 Å². The molecule has 0 unspecified atom stereocenters. The standard InChI is InChI=1S/C14H10ClN3O4/c1-21-9-6-10(22-2)8(5-7(9)15)18-13(19)11-12(14(18)20)17-4-3-16-11/h3-6H,1-2H3. The van der Waals surface area contributed by atoms with E-state index in [4.69, 9.17) is 21.1 Å². The first-order valence-corrected chi connectivity index (χ1v) is 6.57. The van der Waals surface area contributed by atoms with Crippen LogP contribution in [0.4, 0.5) is 5.69 Å². The lowest BCUT2D eigenvalue weighted by atomic mass is 10.2. The van der Waals surface area contributed by atoms with Gasteiger partial charge in [-0.15, -0.1) is 0 Å². The minimum Gasteiger partial charge on any atom is -0.495 e. The number of anilines is 1. The summed E-state index contributed by atoms with van der Waals surface area (Å²) in [5.74, 6) is -0.508. The number of ether oxygens (including phenoxy) is 2. The van der Waals surface area contributed by atoms with E-state index in [9.17, 15) is 9.59 Å². The van der Waals surface area contributed by atoms with Crippen molar-refractivity contribution in [2.45, 2.75) is 0 Å². The van der Waals surface area contributed by atoms with E-state index in [2.05, 4.69) is 9.97 Å². The van der Waals surface area contributed by atoms with Crippen LogP contribution in [0.2, 0.25) is 5.02 Å². The van der Waals surface area contributed by atoms with E-state index in [1.807, 2.05) is 0 Å². The third-order valence-corrected chi connectivity index (χ3v) is 3.50. The minimum absolute atomic E-state index is 0.00138. The molecule has 7 nitrogen and oxygen atoms in total. The Balaban J connectivity index is 2.15. The van der Waals surface area contributed by atoms with Gasteiger partial charge in [-0.3, -0.25) is 9.59 Å². The van der Waals surface area contributed by atoms with E-state index >= 15 is 0 Å². The van der Waals surface area contributed by atoms with E-state index in [0.717, 1.165) is 4.90 Å². The predicted molar refractivity (Wildman–Crippen MR) is 77.7 cm³/mol. The second-order valence-electron chi connectivity index (χ2n) is 4.36. The van der Waals surface area contributed by atoms with Crippen molar-refractivity contribution in [3.8, 4) is 11.5 Å². The Bertz CT molecular complexity index is 759. The molecule has 0 bridgehead atoms. The molecule has 1 aliphatic rings. The molecule has 22 heavy (non-hydrogen) atoms. The van der Waals surface area contributed by atoms with Crippen LogP contribution in [0.25, 0.3) is 0 Å². The first-order chi connectivity index (χ1) is 10.6. The Morgan fingerprint density at radius 3 is 2.00 bits per heavy atom. The minimum atomic E-state index is -0.576. The molecule has 2 aromatic rings. The summed E-state index contributed by atoms with van der Waals surface area (Å²) in [6.45, 7) is 0. The average Bonchev–Trinajstić information content (AvgIpc) is 2.79. The van der Waals surface area contributed by atoms with Gasteiger partial charge in [-0.05, 0) is 6.07 Å². The van der Waals surface area contributed by atoms with Gasteiger partial charge in [0.2, 0.25) is 0 Å². The van der Waals surface area contributed by atoms with Crippen LogP contribution in [-0.4, -0.2) is 36.0 Å². The van der Waals surface area contributed by atoms with Gasteiger partial charge in [0.05, 0.1) is 24.9 Å². The zero-order valence-corrected chi connectivity index (χ0v) is 12.4. The summed E-state index contributed by atoms with van der Waals surface area (Å²) in [6.07, 6.45) is 2.71. The molecule has 0 aliphatic carbocycles. The first kappa shape index (κ1) is 14.3. The lowest BCUT2D eigenvalue weighted by Crippen LogP contribution is -2.30. The third-order valence-electron chi connectivity index (χ3n) is 3.20. The van der Waals surface area contributed by atoms with E-state index in [0.29, 0.717) is 5.75 Å². The highest BCUT2D eigenvalue weighted by molar-refractivity contribution is 6.35. The number of fused-ring (bicyclic) bond motifs is 1. The number of benzene rings is 1. The van der Waals surface area contributed by atoms with Crippen molar-refractivity contribution in [3.05, 3.63) is 40.9 Å². The monoisotopic (exact) mass is 319 g/mol. The number of imide groups is 1. The number of hydrogen-bond acceptors (Lipinski definition) is 6. The Kier molecular flexibility index (Phi) is 3.42. The number of methoxy groups -OCH3 is 2. The van der Waals surface area contributed by atoms with Crippen molar-refractivity contribution in [1.29, 1.82) is 0 Å². The zero-order chi connectivity index (χ0) is 15.9. The first-order valence-electron chi connectivity index (χ1n) is 6.19. The molecule has 0 fully saturated rings. The number of halogens is 1. The highest BCUT2D eigenvalue weighted by Crippen LogP contribution is 2.40. The predicted octanol–water partition coefficient (Wildman–Crippen LogP) is 1.95. The van der Waals surface area contributed by atoms with Gasteiger partial charge < -0.3 is 9.47 Å². The van der Waals surface area contributed by atoms with Crippen molar-refractivity contribution >= 4 is 29.1 Å². The van der Waals surface area contributed by atoms with Gasteiger partial charge in [0.15, 0.2) is 11.4 Å². The fourth-order valence-electron chi connectivity index (χ4n) is 2.19. The lowest BCUT2D eigenvalue weighted by molar-refractivity contribution is 0.0922. The summed E-state index contributed by atoms with van der Waals surface area (Å²) in [5.41, 5.74) is 0.214. The molecule has 112 valence electrons. The van der Waals surface area contributed by atoms with Crippen molar-refractivity contribution in [2.75, 3.05) is 19.1 Å². The lowest BCUT2D eigenvalue weighted by Gasteiger charge is -2.18. The molecule has 0 saturated carbocycles. The van der Waals surface area contributed by atoms with Crippen molar-refractivity contribution in [3.63, 3.8) is 0 Å². The summed E-state index contributed by atoms with van der Waals surface area (Å²) >= 11 is 6.08. The molecule has 8 heteroatoms. The maximum Gasteiger partial charge on any atom is 0.286 e. The maximum atomic E-state index is 12.4. The molecule has 1 aromatic carbocycles. The van der Waals surface area contributed by atoms with Gasteiger partial charge in [-0.1, -0.05) is 11.6 Å². The third kappa shape index (κ3) is 1.98. The number of aromatic nitrogens is 2. The number of carbonyl (C=O) groups excluding carboxylic acids is 2. The van der Waals surface area contributed by atoms with Crippen LogP contribution in [0.1, 0.15) is 21.0 Å². The molecular weight excluding hydrogens is 310 g/mol. The molecule has 1 aliphatic heterocycles. The average molecular weight is 320 g/mol. The van der Waals surface area contributed by atoms with Crippen LogP contribution in [-0.2, 0) is 0 Å². The van der Waals surface area contributed by atoms with Crippen LogP contribution in [0, 0.1) is 0 Å². The molecule has 0 N–H and O–H groups in total. The van der Waals surface area contributed by atoms with E-state index in [1.165, 1.54) is 38.7 Å². The summed E-state index contributed by atoms with van der Waals surface area (Å²) in [4.78, 5) is 33.6. The van der Waals surface area contributed by atoms with Crippen molar-refractivity contribution in [2.24, 2.45) is 0 Å². The summed E-state index contributed by atoms with van der Waals surface area (Å²) in [6, 6.07) is 2.93. The smallest absolute Gasteiger partial charge is 0.286 e. The Morgan fingerprint density at radius 1 is 0.955 bits per heavy atom. The van der Waals surface area contributed by atoms with E-state index in [-0.39, 0.29) is 27.8 Å². The Labute approximate surface area is 130 Å². The molecule has 1 aromatic heterocycles. The zero-order valence-electron chi connectivity index (χ0n) is 11.7. The number of carbonyl (C=O) groups is 2. The molecule has 2 amide bonds. The number of amides is 2. The fraction of sp³-hybridized carbons (Fsp3) is 0.143. The molecule has 3 rings (SSSR count). The number of nitrogens with zero attached hydrogens (tertiary/aromatic N) is 3. The SMILES string of the molecule is COc1cc(OC)c(N2C(=O)c3nccnc3C2=O)cc1Cl. The fourth-order valence-corrected chi connectivity index (χ4v) is 2.43. The van der Waals surface area contributed by atoms with Gasteiger partial charge in [0.1, 0.15) is 11.5 Å². The summed E-state index contributed by atoms with van der Waals surface area (Å²) in [5, 5.41) is 0.246.